The highest BCUT2D eigenvalue weighted by Gasteiger charge is 2.50. The molecule has 188 valence electrons. The standard InChI is InChI=1S/C24H30F3NO6/c1-5-15-12-17(33-13-24(25,26)27)11-14(3)18(15)19-20(34-22(30)32-6-2)23(28-21(19)29)9-7-16(31-4)8-10-23/h11-12,16H,5-10,13H2,1-4H3,(H,28,29)/t16-,23+. The molecule has 1 amide bonds. The van der Waals surface area contributed by atoms with Crippen LogP contribution in [0.4, 0.5) is 18.0 Å². The summed E-state index contributed by atoms with van der Waals surface area (Å²) in [5.41, 5.74) is 0.964. The molecule has 7 nitrogen and oxygen atoms in total. The molecular formula is C24H30F3NO6. The summed E-state index contributed by atoms with van der Waals surface area (Å²) in [5, 5.41) is 3.02. The summed E-state index contributed by atoms with van der Waals surface area (Å²) < 4.78 is 58.9. The summed E-state index contributed by atoms with van der Waals surface area (Å²) in [7, 11) is 1.63. The number of carbonyl (C=O) groups is 2. The van der Waals surface area contributed by atoms with Crippen molar-refractivity contribution in [3.8, 4) is 5.75 Å². The van der Waals surface area contributed by atoms with Crippen molar-refractivity contribution < 1.29 is 41.7 Å². The van der Waals surface area contributed by atoms with E-state index < -0.39 is 30.4 Å². The van der Waals surface area contributed by atoms with Crippen LogP contribution in [0.3, 0.4) is 0 Å². The van der Waals surface area contributed by atoms with Crippen molar-refractivity contribution >= 4 is 17.6 Å². The summed E-state index contributed by atoms with van der Waals surface area (Å²) in [4.78, 5) is 25.6. The molecule has 0 aromatic heterocycles. The average molecular weight is 485 g/mol. The topological polar surface area (TPSA) is 83.1 Å². The number of halogens is 3. The van der Waals surface area contributed by atoms with E-state index in [-0.39, 0.29) is 29.8 Å². The van der Waals surface area contributed by atoms with Crippen molar-refractivity contribution in [1.82, 2.24) is 5.32 Å². The second-order valence-corrected chi connectivity index (χ2v) is 8.49. The van der Waals surface area contributed by atoms with Gasteiger partial charge < -0.3 is 24.3 Å². The van der Waals surface area contributed by atoms with E-state index >= 15 is 0 Å². The summed E-state index contributed by atoms with van der Waals surface area (Å²) in [6.45, 7) is 3.84. The number of rotatable bonds is 7. The Labute approximate surface area is 196 Å². The number of amides is 1. The van der Waals surface area contributed by atoms with Gasteiger partial charge in [-0.3, -0.25) is 4.79 Å². The number of methoxy groups -OCH3 is 1. The SMILES string of the molecule is CCOC(=O)OC1=C(c2c(C)cc(OCC(F)(F)F)cc2CC)C(=O)N[C@]12CC[C@@H](OC)CC2. The Bertz CT molecular complexity index is 964. The molecule has 1 spiro atoms. The number of alkyl halides is 3. The Balaban J connectivity index is 2.10. The molecule has 1 aromatic carbocycles. The van der Waals surface area contributed by atoms with Crippen molar-refractivity contribution in [2.24, 2.45) is 0 Å². The molecule has 0 atom stereocenters. The average Bonchev–Trinajstić information content (AvgIpc) is 3.02. The molecule has 1 aliphatic carbocycles. The highest BCUT2D eigenvalue weighted by atomic mass is 19.4. The first-order valence-electron chi connectivity index (χ1n) is 11.3. The molecule has 1 N–H and O–H groups in total. The van der Waals surface area contributed by atoms with Crippen molar-refractivity contribution in [2.75, 3.05) is 20.3 Å². The molecule has 1 heterocycles. The van der Waals surface area contributed by atoms with Gasteiger partial charge in [0, 0.05) is 7.11 Å². The second-order valence-electron chi connectivity index (χ2n) is 8.49. The molecule has 3 rings (SSSR count). The molecule has 0 radical (unpaired) electrons. The van der Waals surface area contributed by atoms with E-state index in [1.807, 2.05) is 6.92 Å². The van der Waals surface area contributed by atoms with Crippen LogP contribution >= 0.6 is 0 Å². The van der Waals surface area contributed by atoms with E-state index in [1.165, 1.54) is 12.1 Å². The highest BCUT2D eigenvalue weighted by molar-refractivity contribution is 6.24. The lowest BCUT2D eigenvalue weighted by Gasteiger charge is -2.37. The fraction of sp³-hybridized carbons (Fsp3) is 0.583. The predicted octanol–water partition coefficient (Wildman–Crippen LogP) is 4.84. The summed E-state index contributed by atoms with van der Waals surface area (Å²) in [6.07, 6.45) is -2.62. The molecule has 10 heteroatoms. The fourth-order valence-corrected chi connectivity index (χ4v) is 4.67. The van der Waals surface area contributed by atoms with Gasteiger partial charge in [-0.25, -0.2) is 4.79 Å². The van der Waals surface area contributed by atoms with E-state index in [0.717, 1.165) is 0 Å². The van der Waals surface area contributed by atoms with Gasteiger partial charge in [0.05, 0.1) is 23.8 Å². The minimum Gasteiger partial charge on any atom is -0.484 e. The predicted molar refractivity (Wildman–Crippen MR) is 117 cm³/mol. The lowest BCUT2D eigenvalue weighted by molar-refractivity contribution is -0.153. The third-order valence-corrected chi connectivity index (χ3v) is 6.23. The largest absolute Gasteiger partial charge is 0.513 e. The first kappa shape index (κ1) is 25.9. The molecule has 1 fully saturated rings. The Hall–Kier alpha value is -2.75. The monoisotopic (exact) mass is 485 g/mol. The fourth-order valence-electron chi connectivity index (χ4n) is 4.67. The van der Waals surface area contributed by atoms with Crippen molar-refractivity contribution in [1.29, 1.82) is 0 Å². The number of hydrogen-bond donors (Lipinski definition) is 1. The van der Waals surface area contributed by atoms with Gasteiger partial charge in [-0.05, 0) is 74.8 Å². The van der Waals surface area contributed by atoms with Gasteiger partial charge in [0.15, 0.2) is 6.61 Å². The van der Waals surface area contributed by atoms with Gasteiger partial charge >= 0.3 is 12.3 Å². The molecule has 2 aliphatic rings. The highest BCUT2D eigenvalue weighted by Crippen LogP contribution is 2.45. The Kier molecular flexibility index (Phi) is 7.80. The second kappa shape index (κ2) is 10.2. The van der Waals surface area contributed by atoms with Gasteiger partial charge in [-0.1, -0.05) is 6.92 Å². The van der Waals surface area contributed by atoms with Crippen LogP contribution in [-0.2, 0) is 25.4 Å². The molecule has 34 heavy (non-hydrogen) atoms. The normalized spacial score (nSPS) is 22.7. The van der Waals surface area contributed by atoms with Crippen molar-refractivity contribution in [2.45, 2.75) is 70.7 Å². The van der Waals surface area contributed by atoms with E-state index in [0.29, 0.717) is 48.8 Å². The number of aryl methyl sites for hydroxylation is 2. The first-order valence-corrected chi connectivity index (χ1v) is 11.3. The molecule has 0 unspecified atom stereocenters. The lowest BCUT2D eigenvalue weighted by Crippen LogP contribution is -2.49. The molecule has 1 saturated carbocycles. The molecular weight excluding hydrogens is 455 g/mol. The minimum atomic E-state index is -4.47. The van der Waals surface area contributed by atoms with Crippen LogP contribution in [0.2, 0.25) is 0 Å². The first-order chi connectivity index (χ1) is 16.0. The lowest BCUT2D eigenvalue weighted by atomic mass is 9.78. The maximum Gasteiger partial charge on any atom is 0.513 e. The van der Waals surface area contributed by atoms with Crippen LogP contribution in [0.5, 0.6) is 5.75 Å². The number of ether oxygens (including phenoxy) is 4. The van der Waals surface area contributed by atoms with E-state index in [9.17, 15) is 22.8 Å². The minimum absolute atomic E-state index is 0.0356. The van der Waals surface area contributed by atoms with Crippen molar-refractivity contribution in [3.63, 3.8) is 0 Å². The zero-order valence-corrected chi connectivity index (χ0v) is 19.8. The Morgan fingerprint density at radius 3 is 2.44 bits per heavy atom. The van der Waals surface area contributed by atoms with Crippen LogP contribution < -0.4 is 10.1 Å². The van der Waals surface area contributed by atoms with Crippen LogP contribution in [-0.4, -0.2) is 50.2 Å². The zero-order valence-electron chi connectivity index (χ0n) is 19.8. The van der Waals surface area contributed by atoms with Gasteiger partial charge in [0.25, 0.3) is 5.91 Å². The quantitative estimate of drug-likeness (QED) is 0.557. The Morgan fingerprint density at radius 1 is 1.21 bits per heavy atom. The maximum absolute atomic E-state index is 13.3. The van der Waals surface area contributed by atoms with Crippen LogP contribution in [0.25, 0.3) is 5.57 Å². The third kappa shape index (κ3) is 5.48. The van der Waals surface area contributed by atoms with Gasteiger partial charge in [0.2, 0.25) is 0 Å². The number of nitrogens with one attached hydrogen (secondary N) is 1. The molecule has 0 bridgehead atoms. The van der Waals surface area contributed by atoms with Gasteiger partial charge in [-0.15, -0.1) is 0 Å². The number of carbonyl (C=O) groups excluding carboxylic acids is 2. The van der Waals surface area contributed by atoms with Gasteiger partial charge in [0.1, 0.15) is 11.5 Å². The van der Waals surface area contributed by atoms with Gasteiger partial charge in [-0.2, -0.15) is 13.2 Å². The van der Waals surface area contributed by atoms with E-state index in [2.05, 4.69) is 5.32 Å². The molecule has 1 aliphatic heterocycles. The van der Waals surface area contributed by atoms with E-state index in [4.69, 9.17) is 18.9 Å². The number of benzene rings is 1. The molecule has 0 saturated heterocycles. The smallest absolute Gasteiger partial charge is 0.484 e. The van der Waals surface area contributed by atoms with E-state index in [1.54, 1.807) is 21.0 Å². The molecule has 1 aromatic rings. The summed E-state index contributed by atoms with van der Waals surface area (Å²) in [6, 6.07) is 2.94. The van der Waals surface area contributed by atoms with Crippen molar-refractivity contribution in [3.05, 3.63) is 34.6 Å². The third-order valence-electron chi connectivity index (χ3n) is 6.23. The zero-order chi connectivity index (χ0) is 25.1. The summed E-state index contributed by atoms with van der Waals surface area (Å²) in [5.74, 6) is -0.165. The van der Waals surface area contributed by atoms with Crippen LogP contribution in [0.1, 0.15) is 56.2 Å². The number of hydrogen-bond acceptors (Lipinski definition) is 6. The Morgan fingerprint density at radius 2 is 1.88 bits per heavy atom. The van der Waals surface area contributed by atoms with Crippen LogP contribution in [0, 0.1) is 6.92 Å². The maximum atomic E-state index is 13.3. The summed E-state index contributed by atoms with van der Waals surface area (Å²) >= 11 is 0. The van der Waals surface area contributed by atoms with Crippen LogP contribution in [0.15, 0.2) is 17.9 Å².